The summed E-state index contributed by atoms with van der Waals surface area (Å²) < 4.78 is 31.5. The van der Waals surface area contributed by atoms with E-state index in [2.05, 4.69) is 5.32 Å². The van der Waals surface area contributed by atoms with E-state index in [0.717, 1.165) is 18.4 Å². The average molecular weight is 377 g/mol. The maximum absolute atomic E-state index is 12.8. The van der Waals surface area contributed by atoms with Crippen LogP contribution in [0.15, 0.2) is 58.3 Å². The Bertz CT molecular complexity index is 834. The highest BCUT2D eigenvalue weighted by atomic mass is 32.2. The Morgan fingerprint density at radius 3 is 2.50 bits per heavy atom. The van der Waals surface area contributed by atoms with Gasteiger partial charge in [-0.2, -0.15) is 0 Å². The van der Waals surface area contributed by atoms with Crippen molar-refractivity contribution in [3.05, 3.63) is 54.1 Å². The maximum Gasteiger partial charge on any atom is 0.206 e. The van der Waals surface area contributed by atoms with Gasteiger partial charge in [-0.1, -0.05) is 24.3 Å². The highest BCUT2D eigenvalue weighted by Crippen LogP contribution is 2.32. The molecule has 0 amide bonds. The number of benzene rings is 2. The van der Waals surface area contributed by atoms with E-state index >= 15 is 0 Å². The van der Waals surface area contributed by atoms with Crippen molar-refractivity contribution in [2.75, 3.05) is 19.8 Å². The Morgan fingerprint density at radius 2 is 1.81 bits per heavy atom. The predicted octanol–water partition coefficient (Wildman–Crippen LogP) is 1.16. The van der Waals surface area contributed by atoms with Crippen LogP contribution in [0.4, 0.5) is 0 Å². The van der Waals surface area contributed by atoms with Gasteiger partial charge < -0.3 is 20.3 Å². The molecule has 0 fully saturated rings. The summed E-state index contributed by atoms with van der Waals surface area (Å²) in [6.45, 7) is 0.166. The quantitative estimate of drug-likeness (QED) is 0.670. The summed E-state index contributed by atoms with van der Waals surface area (Å²) in [6, 6.07) is 12.9. The normalized spacial score (nSPS) is 17.0. The van der Waals surface area contributed by atoms with E-state index in [1.54, 1.807) is 48.5 Å². The molecule has 0 unspecified atom stereocenters. The molecule has 1 heterocycles. The second-order valence-corrected chi connectivity index (χ2v) is 8.28. The first-order valence-electron chi connectivity index (χ1n) is 8.59. The fourth-order valence-electron chi connectivity index (χ4n) is 2.94. The Hall–Kier alpha value is -1.93. The van der Waals surface area contributed by atoms with E-state index < -0.39 is 9.84 Å². The molecule has 0 spiro atoms. The molecule has 0 aromatic heterocycles. The van der Waals surface area contributed by atoms with Crippen LogP contribution < -0.4 is 10.1 Å². The van der Waals surface area contributed by atoms with Crippen molar-refractivity contribution in [1.82, 2.24) is 5.32 Å². The number of hydrogen-bond donors (Lipinski definition) is 3. The van der Waals surface area contributed by atoms with Gasteiger partial charge in [-0.25, -0.2) is 8.42 Å². The molecule has 2 aromatic rings. The molecule has 140 valence electrons. The smallest absolute Gasteiger partial charge is 0.206 e. The number of hydrogen-bond acceptors (Lipinski definition) is 6. The van der Waals surface area contributed by atoms with Gasteiger partial charge in [-0.3, -0.25) is 0 Å². The van der Waals surface area contributed by atoms with E-state index in [0.29, 0.717) is 12.3 Å². The molecule has 0 bridgehead atoms. The number of fused-ring (bicyclic) bond motifs is 1. The lowest BCUT2D eigenvalue weighted by Gasteiger charge is -2.28. The molecule has 1 aliphatic rings. The molecule has 0 aliphatic carbocycles. The zero-order chi connectivity index (χ0) is 18.6. The van der Waals surface area contributed by atoms with Gasteiger partial charge in [0.25, 0.3) is 0 Å². The van der Waals surface area contributed by atoms with Crippen LogP contribution in [0.5, 0.6) is 5.75 Å². The first-order chi connectivity index (χ1) is 12.5. The van der Waals surface area contributed by atoms with Crippen molar-refractivity contribution in [2.45, 2.75) is 34.8 Å². The van der Waals surface area contributed by atoms with Gasteiger partial charge in [0, 0.05) is 6.54 Å². The second kappa shape index (κ2) is 8.18. The Labute approximate surface area is 153 Å². The first kappa shape index (κ1) is 18.8. The minimum atomic E-state index is -3.59. The molecule has 0 radical (unpaired) electrons. The molecule has 3 N–H and O–H groups in total. The van der Waals surface area contributed by atoms with Crippen LogP contribution in [0, 0.1) is 0 Å². The Kier molecular flexibility index (Phi) is 5.93. The molecule has 7 heteroatoms. The lowest BCUT2D eigenvalue weighted by Crippen LogP contribution is -2.43. The molecule has 2 aromatic carbocycles. The molecular formula is C19H23NO5S. The summed E-state index contributed by atoms with van der Waals surface area (Å²) in [7, 11) is -3.59. The minimum absolute atomic E-state index is 0.141. The Balaban J connectivity index is 1.77. The van der Waals surface area contributed by atoms with E-state index in [1.165, 1.54) is 0 Å². The molecule has 6 nitrogen and oxygen atoms in total. The summed E-state index contributed by atoms with van der Waals surface area (Å²) >= 11 is 0. The SMILES string of the molecule is O=S(=O)(c1ccccc1)c1ccc2c(c1)O[C@@H](CNC(CO)CO)CC2. The van der Waals surface area contributed by atoms with Gasteiger partial charge in [0.05, 0.1) is 29.0 Å². The van der Waals surface area contributed by atoms with E-state index in [4.69, 9.17) is 14.9 Å². The van der Waals surface area contributed by atoms with E-state index in [9.17, 15) is 8.42 Å². The number of nitrogens with one attached hydrogen (secondary N) is 1. The molecule has 3 rings (SSSR count). The summed E-state index contributed by atoms with van der Waals surface area (Å²) in [5.41, 5.74) is 0.981. The molecule has 1 atom stereocenters. The standard InChI is InChI=1S/C19H23NO5S/c21-12-15(13-22)20-11-16-8-6-14-7-9-18(10-19(14)25-16)26(23,24)17-4-2-1-3-5-17/h1-5,7,9-10,15-16,20-22H,6,8,11-13H2/t16-/m1/s1. The van der Waals surface area contributed by atoms with Crippen molar-refractivity contribution in [2.24, 2.45) is 0 Å². The maximum atomic E-state index is 12.8. The highest BCUT2D eigenvalue weighted by molar-refractivity contribution is 7.91. The third-order valence-electron chi connectivity index (χ3n) is 4.51. The highest BCUT2D eigenvalue weighted by Gasteiger charge is 2.24. The summed E-state index contributed by atoms with van der Waals surface area (Å²) in [5.74, 6) is 0.574. The van der Waals surface area contributed by atoms with Crippen LogP contribution >= 0.6 is 0 Å². The van der Waals surface area contributed by atoms with Gasteiger partial charge in [-0.15, -0.1) is 0 Å². The molecule has 1 aliphatic heterocycles. The lowest BCUT2D eigenvalue weighted by atomic mass is 10.0. The fraction of sp³-hybridized carbons (Fsp3) is 0.368. The zero-order valence-corrected chi connectivity index (χ0v) is 15.2. The van der Waals surface area contributed by atoms with Gasteiger partial charge in [0.2, 0.25) is 9.84 Å². The Morgan fingerprint density at radius 1 is 1.08 bits per heavy atom. The number of sulfone groups is 1. The summed E-state index contributed by atoms with van der Waals surface area (Å²) in [4.78, 5) is 0.461. The fourth-order valence-corrected chi connectivity index (χ4v) is 4.23. The van der Waals surface area contributed by atoms with Crippen molar-refractivity contribution >= 4 is 9.84 Å². The lowest BCUT2D eigenvalue weighted by molar-refractivity contribution is 0.134. The third kappa shape index (κ3) is 4.07. The number of ether oxygens (including phenoxy) is 1. The number of rotatable bonds is 7. The van der Waals surface area contributed by atoms with Gasteiger partial charge in [0.15, 0.2) is 0 Å². The molecule has 26 heavy (non-hydrogen) atoms. The van der Waals surface area contributed by atoms with Crippen LogP contribution in [-0.2, 0) is 16.3 Å². The molecular weight excluding hydrogens is 354 g/mol. The van der Waals surface area contributed by atoms with Crippen molar-refractivity contribution in [3.63, 3.8) is 0 Å². The third-order valence-corrected chi connectivity index (χ3v) is 6.27. The molecule has 0 saturated heterocycles. The van der Waals surface area contributed by atoms with Crippen LogP contribution in [0.25, 0.3) is 0 Å². The topological polar surface area (TPSA) is 95.9 Å². The van der Waals surface area contributed by atoms with Gasteiger partial charge >= 0.3 is 0 Å². The average Bonchev–Trinajstić information content (AvgIpc) is 2.69. The largest absolute Gasteiger partial charge is 0.489 e. The number of aliphatic hydroxyl groups excluding tert-OH is 2. The summed E-state index contributed by atoms with van der Waals surface area (Å²) in [6.07, 6.45) is 1.43. The van der Waals surface area contributed by atoms with Crippen molar-refractivity contribution < 1.29 is 23.4 Å². The van der Waals surface area contributed by atoms with Crippen molar-refractivity contribution in [3.8, 4) is 5.75 Å². The first-order valence-corrected chi connectivity index (χ1v) is 10.1. The monoisotopic (exact) mass is 377 g/mol. The van der Waals surface area contributed by atoms with E-state index in [-0.39, 0.29) is 35.2 Å². The van der Waals surface area contributed by atoms with Crippen LogP contribution in [0.2, 0.25) is 0 Å². The van der Waals surface area contributed by atoms with Crippen LogP contribution in [-0.4, -0.2) is 50.5 Å². The van der Waals surface area contributed by atoms with Crippen molar-refractivity contribution in [1.29, 1.82) is 0 Å². The van der Waals surface area contributed by atoms with E-state index in [1.807, 2.05) is 0 Å². The predicted molar refractivity (Wildman–Crippen MR) is 97.0 cm³/mol. The zero-order valence-electron chi connectivity index (χ0n) is 14.3. The molecule has 0 saturated carbocycles. The number of aryl methyl sites for hydroxylation is 1. The van der Waals surface area contributed by atoms with Crippen LogP contribution in [0.1, 0.15) is 12.0 Å². The van der Waals surface area contributed by atoms with Gasteiger partial charge in [-0.05, 0) is 42.7 Å². The second-order valence-electron chi connectivity index (χ2n) is 6.33. The summed E-state index contributed by atoms with van der Waals surface area (Å²) in [5, 5.41) is 21.3. The minimum Gasteiger partial charge on any atom is -0.489 e. The van der Waals surface area contributed by atoms with Crippen LogP contribution in [0.3, 0.4) is 0 Å². The van der Waals surface area contributed by atoms with Gasteiger partial charge in [0.1, 0.15) is 11.9 Å². The number of aliphatic hydroxyl groups is 2.